The zero-order chi connectivity index (χ0) is 29.9. The number of phenolic OH excluding ortho intramolecular Hbond substituents is 1. The van der Waals surface area contributed by atoms with Gasteiger partial charge in [0.05, 0.1) is 6.10 Å². The summed E-state index contributed by atoms with van der Waals surface area (Å²) < 4.78 is 12.5. The minimum atomic E-state index is -1.02. The van der Waals surface area contributed by atoms with E-state index in [0.29, 0.717) is 30.6 Å². The molecule has 3 aliphatic rings. The van der Waals surface area contributed by atoms with Crippen molar-refractivity contribution in [2.45, 2.75) is 51.5 Å². The van der Waals surface area contributed by atoms with Crippen LogP contribution in [0.1, 0.15) is 65.3 Å². The van der Waals surface area contributed by atoms with E-state index in [1.54, 1.807) is 30.3 Å². The van der Waals surface area contributed by atoms with Crippen molar-refractivity contribution in [3.63, 3.8) is 0 Å². The molecule has 0 aromatic heterocycles. The molecule has 1 saturated heterocycles. The van der Waals surface area contributed by atoms with Crippen LogP contribution in [0.2, 0.25) is 6.32 Å². The van der Waals surface area contributed by atoms with Gasteiger partial charge < -0.3 is 19.5 Å². The van der Waals surface area contributed by atoms with Crippen molar-refractivity contribution in [1.82, 2.24) is 0 Å². The van der Waals surface area contributed by atoms with Crippen LogP contribution in [0.4, 0.5) is 0 Å². The first-order valence-corrected chi connectivity index (χ1v) is 15.3. The Morgan fingerprint density at radius 3 is 2.35 bits per heavy atom. The third kappa shape index (κ3) is 6.10. The molecular weight excluding hydrogens is 539 g/mol. The third-order valence-electron chi connectivity index (χ3n) is 9.08. The molecule has 0 bridgehead atoms. The molecule has 4 atom stereocenters. The Morgan fingerprint density at radius 1 is 0.930 bits per heavy atom. The summed E-state index contributed by atoms with van der Waals surface area (Å²) in [4.78, 5) is 27.8. The molecule has 0 saturated carbocycles. The highest BCUT2D eigenvalue weighted by molar-refractivity contribution is 6.43. The number of para-hydroxylation sites is 1. The van der Waals surface area contributed by atoms with Gasteiger partial charge in [0, 0.05) is 23.0 Å². The van der Waals surface area contributed by atoms with Crippen LogP contribution in [0.15, 0.2) is 95.6 Å². The first kappa shape index (κ1) is 29.2. The molecule has 220 valence electrons. The molecule has 2 aliphatic carbocycles. The number of hydrogen-bond acceptors (Lipinski definition) is 6. The van der Waals surface area contributed by atoms with E-state index in [1.165, 1.54) is 5.57 Å². The van der Waals surface area contributed by atoms with Crippen LogP contribution in [-0.4, -0.2) is 41.5 Å². The lowest BCUT2D eigenvalue weighted by molar-refractivity contribution is 0.0592. The predicted octanol–water partition coefficient (Wildman–Crippen LogP) is 6.94. The van der Waals surface area contributed by atoms with Gasteiger partial charge in [-0.25, -0.2) is 0 Å². The molecule has 0 amide bonds. The second-order valence-corrected chi connectivity index (χ2v) is 11.9. The van der Waals surface area contributed by atoms with Crippen molar-refractivity contribution >= 4 is 24.8 Å². The van der Waals surface area contributed by atoms with E-state index < -0.39 is 25.1 Å². The van der Waals surface area contributed by atoms with Crippen molar-refractivity contribution in [2.75, 3.05) is 6.61 Å². The Morgan fingerprint density at radius 2 is 1.63 bits per heavy atom. The van der Waals surface area contributed by atoms with E-state index in [4.69, 9.17) is 9.39 Å². The Balaban J connectivity index is 1.35. The molecule has 2 N–H and O–H groups in total. The van der Waals surface area contributed by atoms with Gasteiger partial charge in [0.1, 0.15) is 18.1 Å². The van der Waals surface area contributed by atoms with Gasteiger partial charge in [-0.15, -0.1) is 0 Å². The molecule has 0 spiro atoms. The first-order valence-electron chi connectivity index (χ1n) is 15.3. The molecule has 3 aromatic rings. The number of Topliss-reactive ketones (excluding diaryl/α,β-unsaturated/α-hetero) is 2. The summed E-state index contributed by atoms with van der Waals surface area (Å²) in [5.41, 5.74) is 5.26. The normalized spacial score (nSPS) is 23.5. The lowest BCUT2D eigenvalue weighted by Crippen LogP contribution is -2.51. The van der Waals surface area contributed by atoms with Crippen molar-refractivity contribution in [3.05, 3.63) is 112 Å². The second kappa shape index (κ2) is 12.7. The van der Waals surface area contributed by atoms with E-state index in [2.05, 4.69) is 13.0 Å². The van der Waals surface area contributed by atoms with E-state index in [9.17, 15) is 19.7 Å². The highest BCUT2D eigenvalue weighted by Gasteiger charge is 2.53. The Bertz CT molecular complexity index is 1540. The molecule has 1 fully saturated rings. The summed E-state index contributed by atoms with van der Waals surface area (Å²) in [5, 5.41) is 20.7. The Kier molecular flexibility index (Phi) is 8.64. The van der Waals surface area contributed by atoms with Crippen LogP contribution in [-0.2, 0) is 4.65 Å². The molecule has 1 heterocycles. The quantitative estimate of drug-likeness (QED) is 0.212. The number of fused-ring (bicyclic) bond motifs is 4. The van der Waals surface area contributed by atoms with Gasteiger partial charge in [-0.3, -0.25) is 9.59 Å². The summed E-state index contributed by atoms with van der Waals surface area (Å²) >= 11 is 0. The van der Waals surface area contributed by atoms with Gasteiger partial charge in [-0.2, -0.15) is 0 Å². The maximum absolute atomic E-state index is 14.0. The number of benzene rings is 3. The summed E-state index contributed by atoms with van der Waals surface area (Å²) in [6.07, 6.45) is 5.75. The van der Waals surface area contributed by atoms with Crippen molar-refractivity contribution in [1.29, 1.82) is 0 Å². The van der Waals surface area contributed by atoms with Gasteiger partial charge in [0.2, 0.25) is 0 Å². The zero-order valence-electron chi connectivity index (χ0n) is 24.4. The van der Waals surface area contributed by atoms with Crippen molar-refractivity contribution in [2.24, 2.45) is 17.8 Å². The van der Waals surface area contributed by atoms with Gasteiger partial charge in [-0.05, 0) is 78.9 Å². The number of carbonyl (C=O) groups is 2. The maximum atomic E-state index is 14.0. The first-order chi connectivity index (χ1) is 20.9. The summed E-state index contributed by atoms with van der Waals surface area (Å²) in [5.74, 6) is -0.365. The van der Waals surface area contributed by atoms with Gasteiger partial charge in [-0.1, -0.05) is 79.6 Å². The van der Waals surface area contributed by atoms with Gasteiger partial charge in [0.15, 0.2) is 11.6 Å². The minimum Gasteiger partial charge on any atom is -0.508 e. The largest absolute Gasteiger partial charge is 0.508 e. The third-order valence-corrected chi connectivity index (χ3v) is 9.08. The number of ketones is 2. The fraction of sp³-hybridized carbons (Fsp3) is 0.333. The van der Waals surface area contributed by atoms with Crippen LogP contribution in [0, 0.1) is 17.8 Å². The molecular formula is C36H37BO6. The van der Waals surface area contributed by atoms with E-state index in [1.807, 2.05) is 48.5 Å². The number of allylic oxidation sites excluding steroid dienone is 1. The Hall–Kier alpha value is -3.94. The molecule has 1 aliphatic heterocycles. The molecule has 6 rings (SSSR count). The van der Waals surface area contributed by atoms with Gasteiger partial charge >= 0.3 is 7.12 Å². The number of ether oxygens (including phenoxy) is 1. The highest BCUT2D eigenvalue weighted by Crippen LogP contribution is 2.51. The van der Waals surface area contributed by atoms with Crippen molar-refractivity contribution in [3.8, 4) is 11.5 Å². The smallest absolute Gasteiger partial charge is 0.455 e. The fourth-order valence-electron chi connectivity index (χ4n) is 7.20. The molecule has 3 aromatic carbocycles. The lowest BCUT2D eigenvalue weighted by Gasteiger charge is -2.47. The number of rotatable bonds is 9. The van der Waals surface area contributed by atoms with E-state index >= 15 is 0 Å². The van der Waals surface area contributed by atoms with Gasteiger partial charge in [0.25, 0.3) is 0 Å². The second-order valence-electron chi connectivity index (χ2n) is 11.9. The lowest BCUT2D eigenvalue weighted by atomic mass is 9.54. The van der Waals surface area contributed by atoms with Crippen LogP contribution < -0.4 is 4.74 Å². The number of carbonyl (C=O) groups excluding carboxylic acids is 2. The maximum Gasteiger partial charge on any atom is 0.455 e. The molecule has 43 heavy (non-hydrogen) atoms. The monoisotopic (exact) mass is 576 g/mol. The number of aromatic hydroxyl groups is 1. The van der Waals surface area contributed by atoms with E-state index in [0.717, 1.165) is 41.7 Å². The van der Waals surface area contributed by atoms with Crippen LogP contribution >= 0.6 is 0 Å². The zero-order valence-corrected chi connectivity index (χ0v) is 24.4. The van der Waals surface area contributed by atoms with Crippen LogP contribution in [0.3, 0.4) is 0 Å². The topological polar surface area (TPSA) is 93.1 Å². The predicted molar refractivity (Wildman–Crippen MR) is 167 cm³/mol. The van der Waals surface area contributed by atoms with Crippen LogP contribution in [0.25, 0.3) is 6.08 Å². The SMILES string of the molecule is CCC/C(=C\c1ccc(O)cc1)CC[C@H]1OB(O)C[C@H]2C1=C(COc1ccccc1)C[C@H]1C(=O)c3ccccc3C(=O)[C@H]12. The van der Waals surface area contributed by atoms with Crippen LogP contribution in [0.5, 0.6) is 11.5 Å². The summed E-state index contributed by atoms with van der Waals surface area (Å²) in [6, 6.07) is 23.9. The average Bonchev–Trinajstić information content (AvgIpc) is 3.02. The summed E-state index contributed by atoms with van der Waals surface area (Å²) in [6.45, 7) is 2.44. The molecule has 0 unspecified atom stereocenters. The summed E-state index contributed by atoms with van der Waals surface area (Å²) in [7, 11) is -1.02. The number of hydrogen-bond donors (Lipinski definition) is 2. The fourth-order valence-corrected chi connectivity index (χ4v) is 7.20. The highest BCUT2D eigenvalue weighted by atomic mass is 16.5. The number of phenols is 1. The Labute approximate surface area is 253 Å². The molecule has 6 nitrogen and oxygen atoms in total. The minimum absolute atomic E-state index is 0.00365. The average molecular weight is 576 g/mol. The molecule has 0 radical (unpaired) electrons. The van der Waals surface area contributed by atoms with Crippen molar-refractivity contribution < 1.29 is 29.1 Å². The van der Waals surface area contributed by atoms with E-state index in [-0.39, 0.29) is 29.6 Å². The standard InChI is InChI=1S/C36H37BO6/c1-2-8-23(19-24-13-16-26(38)17-14-24)15-18-32-33-25(22-42-27-9-4-3-5-10-27)20-30-34(31(33)21-37(41)43-32)36(40)29-12-7-6-11-28(29)35(30)39/h3-7,9-14,16-17,19,30-32,34,38,41H,2,8,15,18,20-22H2,1H3/b23-19+/t30-,31+,32-,34-/m1/s1. The molecule has 7 heteroatoms.